The van der Waals surface area contributed by atoms with E-state index >= 15 is 0 Å². The molecule has 0 aliphatic heterocycles. The Kier molecular flexibility index (Phi) is 5.47. The van der Waals surface area contributed by atoms with Gasteiger partial charge in [0.15, 0.2) is 0 Å². The lowest BCUT2D eigenvalue weighted by molar-refractivity contribution is 0.0999. The van der Waals surface area contributed by atoms with Crippen LogP contribution in [0.4, 0.5) is 0 Å². The minimum absolute atomic E-state index is 0.227. The van der Waals surface area contributed by atoms with Crippen LogP contribution in [-0.4, -0.2) is 5.91 Å². The summed E-state index contributed by atoms with van der Waals surface area (Å²) in [7, 11) is 0. The maximum Gasteiger partial charge on any atom is 0.248 e. The molecule has 1 amide bonds. The highest BCUT2D eigenvalue weighted by Gasteiger charge is 2.14. The van der Waals surface area contributed by atoms with Gasteiger partial charge >= 0.3 is 0 Å². The number of allylic oxidation sites excluding steroid dienone is 1. The van der Waals surface area contributed by atoms with E-state index in [0.29, 0.717) is 5.56 Å². The molecule has 0 fully saturated rings. The quantitative estimate of drug-likeness (QED) is 0.565. The van der Waals surface area contributed by atoms with Crippen molar-refractivity contribution in [3.63, 3.8) is 0 Å². The molecule has 0 aliphatic carbocycles. The Balaban J connectivity index is 2.87. The number of hydrogen-bond donors (Lipinski definition) is 1. The highest BCUT2D eigenvalue weighted by atomic mass is 16.1. The molecule has 2 heteroatoms. The van der Waals surface area contributed by atoms with E-state index in [9.17, 15) is 4.79 Å². The van der Waals surface area contributed by atoms with E-state index in [2.05, 4.69) is 13.5 Å². The van der Waals surface area contributed by atoms with Crippen molar-refractivity contribution in [3.8, 4) is 0 Å². The number of hydrogen-bond acceptors (Lipinski definition) is 1. The predicted molar refractivity (Wildman–Crippen MR) is 72.0 cm³/mol. The maximum atomic E-state index is 11.4. The lowest BCUT2D eigenvalue weighted by atomic mass is 9.89. The molecule has 92 valence electrons. The van der Waals surface area contributed by atoms with E-state index in [1.54, 1.807) is 6.07 Å². The number of nitrogens with two attached hydrogens (primary N) is 1. The van der Waals surface area contributed by atoms with E-state index in [1.165, 1.54) is 12.8 Å². The van der Waals surface area contributed by atoms with Gasteiger partial charge in [-0.3, -0.25) is 4.79 Å². The van der Waals surface area contributed by atoms with E-state index < -0.39 is 0 Å². The normalized spacial score (nSPS) is 12.1. The van der Waals surface area contributed by atoms with Gasteiger partial charge < -0.3 is 5.73 Å². The van der Waals surface area contributed by atoms with Crippen molar-refractivity contribution in [1.29, 1.82) is 0 Å². The Morgan fingerprint density at radius 1 is 1.41 bits per heavy atom. The van der Waals surface area contributed by atoms with Gasteiger partial charge in [0.2, 0.25) is 5.91 Å². The van der Waals surface area contributed by atoms with Crippen molar-refractivity contribution in [1.82, 2.24) is 0 Å². The first-order chi connectivity index (χ1) is 8.20. The van der Waals surface area contributed by atoms with Crippen LogP contribution in [0.2, 0.25) is 0 Å². The molecule has 2 nitrogen and oxygen atoms in total. The van der Waals surface area contributed by atoms with Gasteiger partial charge in [-0.25, -0.2) is 0 Å². The number of benzene rings is 1. The zero-order valence-corrected chi connectivity index (χ0v) is 10.5. The minimum atomic E-state index is -0.358. The molecule has 1 rings (SSSR count). The Hall–Kier alpha value is -1.57. The first-order valence-corrected chi connectivity index (χ1v) is 6.22. The van der Waals surface area contributed by atoms with Crippen LogP contribution >= 0.6 is 0 Å². The van der Waals surface area contributed by atoms with Crippen molar-refractivity contribution in [2.45, 2.75) is 38.5 Å². The lowest BCUT2D eigenvalue weighted by Gasteiger charge is -2.15. The van der Waals surface area contributed by atoms with Crippen LogP contribution in [0.15, 0.2) is 36.9 Å². The summed E-state index contributed by atoms with van der Waals surface area (Å²) >= 11 is 0. The Morgan fingerprint density at radius 3 is 2.71 bits per heavy atom. The van der Waals surface area contributed by atoms with Crippen molar-refractivity contribution >= 4 is 5.91 Å². The number of primary amides is 1. The number of rotatable bonds is 7. The van der Waals surface area contributed by atoms with Gasteiger partial charge in [-0.1, -0.05) is 50.5 Å². The molecule has 0 aromatic heterocycles. The van der Waals surface area contributed by atoms with Crippen LogP contribution < -0.4 is 5.73 Å². The summed E-state index contributed by atoms with van der Waals surface area (Å²) in [5.41, 5.74) is 7.01. The lowest BCUT2D eigenvalue weighted by Crippen LogP contribution is -2.15. The molecule has 0 saturated carbocycles. The fraction of sp³-hybridized carbons (Fsp3) is 0.400. The molecule has 0 aliphatic rings. The molecule has 2 N–H and O–H groups in total. The topological polar surface area (TPSA) is 43.1 Å². The monoisotopic (exact) mass is 231 g/mol. The van der Waals surface area contributed by atoms with E-state index in [1.807, 2.05) is 24.3 Å². The third-order valence-electron chi connectivity index (χ3n) is 3.03. The molecule has 0 saturated heterocycles. The summed E-state index contributed by atoms with van der Waals surface area (Å²) in [6.45, 7) is 6.05. The number of carbonyl (C=O) groups is 1. The molecule has 1 aromatic rings. The second kappa shape index (κ2) is 6.89. The molecule has 0 heterocycles. The molecule has 1 aromatic carbocycles. The summed E-state index contributed by atoms with van der Waals surface area (Å²) in [5, 5.41) is 0. The first kappa shape index (κ1) is 13.5. The van der Waals surface area contributed by atoms with E-state index in [4.69, 9.17) is 5.73 Å². The maximum absolute atomic E-state index is 11.4. The minimum Gasteiger partial charge on any atom is -0.366 e. The molecule has 0 spiro atoms. The molecule has 0 bridgehead atoms. The highest BCUT2D eigenvalue weighted by Crippen LogP contribution is 2.26. The van der Waals surface area contributed by atoms with Crippen LogP contribution in [-0.2, 0) is 0 Å². The standard InChI is InChI=1S/C15H21NO/c1-3-5-6-9-12(4-2)13-10-7-8-11-14(13)15(16)17/h4,7-8,10-12H,2-3,5-6,9H2,1H3,(H2,16,17). The second-order valence-electron chi connectivity index (χ2n) is 4.29. The third-order valence-corrected chi connectivity index (χ3v) is 3.03. The largest absolute Gasteiger partial charge is 0.366 e. The predicted octanol–water partition coefficient (Wildman–Crippen LogP) is 3.64. The molecular formula is C15H21NO. The Labute approximate surface area is 104 Å². The Bertz CT molecular complexity index is 384. The van der Waals surface area contributed by atoms with Gasteiger partial charge in [0.25, 0.3) is 0 Å². The number of amides is 1. The van der Waals surface area contributed by atoms with Crippen molar-refractivity contribution in [2.24, 2.45) is 5.73 Å². The smallest absolute Gasteiger partial charge is 0.248 e. The fourth-order valence-electron chi connectivity index (χ4n) is 2.06. The van der Waals surface area contributed by atoms with Gasteiger partial charge in [0, 0.05) is 11.5 Å². The van der Waals surface area contributed by atoms with Crippen LogP contribution in [0, 0.1) is 0 Å². The first-order valence-electron chi connectivity index (χ1n) is 6.22. The van der Waals surface area contributed by atoms with Gasteiger partial charge in [-0.2, -0.15) is 0 Å². The molecule has 1 unspecified atom stereocenters. The number of unbranched alkanes of at least 4 members (excludes halogenated alkanes) is 2. The summed E-state index contributed by atoms with van der Waals surface area (Å²) in [6, 6.07) is 7.54. The van der Waals surface area contributed by atoms with Crippen LogP contribution in [0.3, 0.4) is 0 Å². The zero-order chi connectivity index (χ0) is 12.7. The number of carbonyl (C=O) groups excluding carboxylic acids is 1. The summed E-state index contributed by atoms with van der Waals surface area (Å²) in [6.07, 6.45) is 6.50. The van der Waals surface area contributed by atoms with Crippen molar-refractivity contribution < 1.29 is 4.79 Å². The van der Waals surface area contributed by atoms with E-state index in [0.717, 1.165) is 18.4 Å². The van der Waals surface area contributed by atoms with Crippen LogP contribution in [0.5, 0.6) is 0 Å². The molecule has 0 radical (unpaired) electrons. The van der Waals surface area contributed by atoms with Gasteiger partial charge in [-0.15, -0.1) is 6.58 Å². The summed E-state index contributed by atoms with van der Waals surface area (Å²) in [5.74, 6) is -0.131. The van der Waals surface area contributed by atoms with Crippen molar-refractivity contribution in [3.05, 3.63) is 48.0 Å². The third kappa shape index (κ3) is 3.74. The summed E-state index contributed by atoms with van der Waals surface area (Å²) < 4.78 is 0. The summed E-state index contributed by atoms with van der Waals surface area (Å²) in [4.78, 5) is 11.4. The SMILES string of the molecule is C=CC(CCCCC)c1ccccc1C(N)=O. The Morgan fingerprint density at radius 2 is 2.12 bits per heavy atom. The second-order valence-corrected chi connectivity index (χ2v) is 4.29. The van der Waals surface area contributed by atoms with Gasteiger partial charge in [0.1, 0.15) is 0 Å². The van der Waals surface area contributed by atoms with Crippen LogP contribution in [0.1, 0.15) is 54.4 Å². The molecule has 1 atom stereocenters. The molecule has 17 heavy (non-hydrogen) atoms. The average Bonchev–Trinajstić information content (AvgIpc) is 2.35. The van der Waals surface area contributed by atoms with Gasteiger partial charge in [0.05, 0.1) is 0 Å². The average molecular weight is 231 g/mol. The van der Waals surface area contributed by atoms with Crippen molar-refractivity contribution in [2.75, 3.05) is 0 Å². The molecular weight excluding hydrogens is 210 g/mol. The van der Waals surface area contributed by atoms with Gasteiger partial charge in [-0.05, 0) is 18.1 Å². The zero-order valence-electron chi connectivity index (χ0n) is 10.5. The van der Waals surface area contributed by atoms with Crippen LogP contribution in [0.25, 0.3) is 0 Å². The fourth-order valence-corrected chi connectivity index (χ4v) is 2.06. The van der Waals surface area contributed by atoms with E-state index in [-0.39, 0.29) is 11.8 Å². The highest BCUT2D eigenvalue weighted by molar-refractivity contribution is 5.94.